The lowest BCUT2D eigenvalue weighted by Gasteiger charge is -2.14. The molecule has 5 nitrogen and oxygen atoms in total. The number of nitrogens with zero attached hydrogens (tertiary/aromatic N) is 5. The molecule has 0 unspecified atom stereocenters. The molecule has 4 heterocycles. The fourth-order valence-electron chi connectivity index (χ4n) is 9.85. The molecule has 0 atom stereocenters. The van der Waals surface area contributed by atoms with E-state index in [0.717, 1.165) is 83.3 Å². The summed E-state index contributed by atoms with van der Waals surface area (Å²) in [5.41, 5.74) is 16.3. The van der Waals surface area contributed by atoms with Crippen molar-refractivity contribution < 1.29 is 0 Å². The van der Waals surface area contributed by atoms with Gasteiger partial charge in [-0.2, -0.15) is 4.98 Å². The van der Waals surface area contributed by atoms with Crippen LogP contribution in [0.15, 0.2) is 237 Å². The van der Waals surface area contributed by atoms with Gasteiger partial charge in [-0.15, -0.1) is 0 Å². The van der Waals surface area contributed by atoms with Gasteiger partial charge in [-0.25, -0.2) is 4.98 Å². The molecule has 9 aromatic carbocycles. The number of benzene rings is 9. The van der Waals surface area contributed by atoms with Gasteiger partial charge in [-0.05, 0) is 118 Å². The van der Waals surface area contributed by atoms with Crippen LogP contribution >= 0.6 is 0 Å². The summed E-state index contributed by atoms with van der Waals surface area (Å²) >= 11 is 0. The topological polar surface area (TPSA) is 40.6 Å². The predicted octanol–water partition coefficient (Wildman–Crippen LogP) is 15.3. The van der Waals surface area contributed by atoms with Gasteiger partial charge in [-0.3, -0.25) is 4.57 Å². The van der Waals surface area contributed by atoms with Gasteiger partial charge in [0.05, 0.1) is 27.8 Å². The highest BCUT2D eigenvalue weighted by atomic mass is 15.2. The van der Waals surface area contributed by atoms with Crippen LogP contribution < -0.4 is 0 Å². The third-order valence-electron chi connectivity index (χ3n) is 12.9. The molecule has 13 rings (SSSR count). The maximum atomic E-state index is 5.60. The van der Waals surface area contributed by atoms with Gasteiger partial charge in [0.25, 0.3) is 0 Å². The van der Waals surface area contributed by atoms with Crippen molar-refractivity contribution in [2.24, 2.45) is 0 Å². The molecule has 0 saturated heterocycles. The summed E-state index contributed by atoms with van der Waals surface area (Å²) in [5, 5.41) is 5.73. The van der Waals surface area contributed by atoms with E-state index in [1.54, 1.807) is 0 Å². The van der Waals surface area contributed by atoms with E-state index in [1.165, 1.54) is 27.4 Å². The number of hydrogen-bond acceptors (Lipinski definition) is 2. The Balaban J connectivity index is 1.03. The average Bonchev–Trinajstić information content (AvgIpc) is 4.07. The molecule has 4 aromatic heterocycles. The second-order valence-electron chi connectivity index (χ2n) is 16.7. The third kappa shape index (κ3) is 6.09. The largest absolute Gasteiger partial charge is 0.309 e. The molecule has 0 amide bonds. The molecule has 304 valence electrons. The normalized spacial score (nSPS) is 11.7. The Hall–Kier alpha value is -8.80. The van der Waals surface area contributed by atoms with Gasteiger partial charge >= 0.3 is 0 Å². The summed E-state index contributed by atoms with van der Waals surface area (Å²) in [6.07, 6.45) is 2.12. The monoisotopic (exact) mass is 829 g/mol. The fourth-order valence-corrected chi connectivity index (χ4v) is 9.85. The van der Waals surface area contributed by atoms with Crippen LogP contribution in [0.3, 0.4) is 0 Å². The molecular formula is C60H39N5. The summed E-state index contributed by atoms with van der Waals surface area (Å²) in [6, 6.07) is 82.4. The lowest BCUT2D eigenvalue weighted by atomic mass is 9.94. The molecule has 0 aliphatic rings. The SMILES string of the molecule is c1ccc(-c2cc(-c3ccccc3)cc(-c3nc(-n4c5ccccc5c5cc(-c6ccc7c(c6)c6ccccc6n7-c6ccccc6)ccc54)nc4c3ccn4-c3ccccc3)c2)cc1. The Labute approximate surface area is 375 Å². The van der Waals surface area contributed by atoms with E-state index in [1.807, 2.05) is 0 Å². The maximum Gasteiger partial charge on any atom is 0.237 e. The minimum absolute atomic E-state index is 0.615. The first-order valence-corrected chi connectivity index (χ1v) is 22.1. The smallest absolute Gasteiger partial charge is 0.237 e. The van der Waals surface area contributed by atoms with Crippen molar-refractivity contribution in [3.05, 3.63) is 237 Å². The molecule has 0 aliphatic carbocycles. The molecule has 0 saturated carbocycles. The van der Waals surface area contributed by atoms with E-state index in [-0.39, 0.29) is 0 Å². The van der Waals surface area contributed by atoms with Gasteiger partial charge in [0.15, 0.2) is 5.65 Å². The minimum atomic E-state index is 0.615. The summed E-state index contributed by atoms with van der Waals surface area (Å²) in [4.78, 5) is 11.1. The summed E-state index contributed by atoms with van der Waals surface area (Å²) in [5.74, 6) is 0.615. The molecule has 0 bridgehead atoms. The Morgan fingerprint density at radius 3 is 1.32 bits per heavy atom. The van der Waals surface area contributed by atoms with Crippen molar-refractivity contribution in [2.45, 2.75) is 0 Å². The second-order valence-corrected chi connectivity index (χ2v) is 16.7. The van der Waals surface area contributed by atoms with E-state index in [2.05, 4.69) is 250 Å². The quantitative estimate of drug-likeness (QED) is 0.161. The van der Waals surface area contributed by atoms with Crippen LogP contribution in [-0.4, -0.2) is 23.7 Å². The zero-order valence-corrected chi connectivity index (χ0v) is 35.3. The maximum absolute atomic E-state index is 5.60. The molecule has 0 fully saturated rings. The van der Waals surface area contributed by atoms with Crippen molar-refractivity contribution in [3.63, 3.8) is 0 Å². The third-order valence-corrected chi connectivity index (χ3v) is 12.9. The summed E-state index contributed by atoms with van der Waals surface area (Å²) < 4.78 is 6.79. The molecule has 5 heteroatoms. The standard InChI is InChI=1S/C60H39N5/c1-5-17-40(18-6-1)44-35-45(41-19-7-2-8-20-41)37-46(36-44)58-51-33-34-63(47-21-9-3-10-22-47)59(51)62-60(61-58)65-55-28-16-14-26-50(55)53-39-43(30-32-57(53)65)42-29-31-56-52(38-42)49-25-13-15-27-54(49)64(56)48-23-11-4-12-24-48/h1-39H. The molecule has 0 radical (unpaired) electrons. The first kappa shape index (κ1) is 36.8. The van der Waals surface area contributed by atoms with Crippen LogP contribution in [0.1, 0.15) is 0 Å². The molecule has 0 N–H and O–H groups in total. The predicted molar refractivity (Wildman–Crippen MR) is 269 cm³/mol. The van der Waals surface area contributed by atoms with E-state index in [0.29, 0.717) is 5.95 Å². The minimum Gasteiger partial charge on any atom is -0.309 e. The van der Waals surface area contributed by atoms with Crippen LogP contribution in [0.2, 0.25) is 0 Å². The second kappa shape index (κ2) is 14.9. The zero-order chi connectivity index (χ0) is 42.8. The number of para-hydroxylation sites is 4. The van der Waals surface area contributed by atoms with Gasteiger partial charge in [0.2, 0.25) is 5.95 Å². The highest BCUT2D eigenvalue weighted by molar-refractivity contribution is 6.13. The number of aromatic nitrogens is 5. The van der Waals surface area contributed by atoms with Crippen molar-refractivity contribution in [3.8, 4) is 62.0 Å². The van der Waals surface area contributed by atoms with E-state index < -0.39 is 0 Å². The Kier molecular flexibility index (Phi) is 8.46. The van der Waals surface area contributed by atoms with Crippen LogP contribution in [0, 0.1) is 0 Å². The molecule has 65 heavy (non-hydrogen) atoms. The van der Waals surface area contributed by atoms with E-state index >= 15 is 0 Å². The summed E-state index contributed by atoms with van der Waals surface area (Å²) in [7, 11) is 0. The zero-order valence-electron chi connectivity index (χ0n) is 35.3. The Bertz CT molecular complexity index is 3860. The van der Waals surface area contributed by atoms with Crippen molar-refractivity contribution in [1.29, 1.82) is 0 Å². The van der Waals surface area contributed by atoms with Crippen molar-refractivity contribution >= 4 is 54.6 Å². The first-order chi connectivity index (χ1) is 32.2. The van der Waals surface area contributed by atoms with Crippen LogP contribution in [0.25, 0.3) is 117 Å². The van der Waals surface area contributed by atoms with Crippen molar-refractivity contribution in [2.75, 3.05) is 0 Å². The first-order valence-electron chi connectivity index (χ1n) is 22.1. The number of hydrogen-bond donors (Lipinski definition) is 0. The average molecular weight is 830 g/mol. The number of rotatable bonds is 7. The molecule has 0 aliphatic heterocycles. The highest BCUT2D eigenvalue weighted by Crippen LogP contribution is 2.40. The highest BCUT2D eigenvalue weighted by Gasteiger charge is 2.21. The van der Waals surface area contributed by atoms with Gasteiger partial charge < -0.3 is 9.13 Å². The van der Waals surface area contributed by atoms with Gasteiger partial charge in [-0.1, -0.05) is 146 Å². The van der Waals surface area contributed by atoms with Crippen LogP contribution in [-0.2, 0) is 0 Å². The van der Waals surface area contributed by atoms with Crippen molar-refractivity contribution in [1.82, 2.24) is 23.7 Å². The molecule has 13 aromatic rings. The Morgan fingerprint density at radius 2 is 0.738 bits per heavy atom. The van der Waals surface area contributed by atoms with Gasteiger partial charge in [0, 0.05) is 50.1 Å². The van der Waals surface area contributed by atoms with Gasteiger partial charge in [0.1, 0.15) is 0 Å². The summed E-state index contributed by atoms with van der Waals surface area (Å²) in [6.45, 7) is 0. The lowest BCUT2D eigenvalue weighted by Crippen LogP contribution is -2.05. The number of fused-ring (bicyclic) bond motifs is 7. The van der Waals surface area contributed by atoms with Crippen LogP contribution in [0.5, 0.6) is 0 Å². The lowest BCUT2D eigenvalue weighted by molar-refractivity contribution is 0.988. The van der Waals surface area contributed by atoms with Crippen LogP contribution in [0.4, 0.5) is 0 Å². The van der Waals surface area contributed by atoms with E-state index in [9.17, 15) is 0 Å². The molecule has 0 spiro atoms. The van der Waals surface area contributed by atoms with E-state index in [4.69, 9.17) is 9.97 Å². The Morgan fingerprint density at radius 1 is 0.277 bits per heavy atom. The molecular weight excluding hydrogens is 791 g/mol. The fraction of sp³-hybridized carbons (Fsp3) is 0.